The van der Waals surface area contributed by atoms with E-state index in [1.54, 1.807) is 31.2 Å². The Labute approximate surface area is 104 Å². The number of aromatic hydroxyl groups is 1. The maximum Gasteiger partial charge on any atom is 0.374 e. The lowest BCUT2D eigenvalue weighted by molar-refractivity contribution is 0.0492. The van der Waals surface area contributed by atoms with E-state index in [2.05, 4.69) is 6.58 Å². The van der Waals surface area contributed by atoms with Crippen LogP contribution < -0.4 is 0 Å². The minimum Gasteiger partial charge on any atom is -0.508 e. The summed E-state index contributed by atoms with van der Waals surface area (Å²) >= 11 is 0. The number of carbonyl (C=O) groups excluding carboxylic acids is 1. The number of hydrogen-bond acceptors (Lipinski definition) is 4. The number of ether oxygens (including phenoxy) is 1. The second kappa shape index (κ2) is 4.96. The molecule has 2 rings (SSSR count). The molecule has 0 fully saturated rings. The first-order valence-corrected chi connectivity index (χ1v) is 5.69. The summed E-state index contributed by atoms with van der Waals surface area (Å²) in [7, 11) is 0. The fourth-order valence-electron chi connectivity index (χ4n) is 1.82. The normalized spacial score (nSPS) is 10.5. The number of fused-ring (bicyclic) bond motifs is 1. The predicted octanol–water partition coefficient (Wildman–Crippen LogP) is 3.04. The van der Waals surface area contributed by atoms with Crippen LogP contribution in [0.3, 0.4) is 0 Å². The van der Waals surface area contributed by atoms with Gasteiger partial charge in [-0.25, -0.2) is 4.79 Å². The molecule has 1 aromatic heterocycles. The fraction of sp³-hybridized carbons (Fsp3) is 0.214. The average molecular weight is 246 g/mol. The molecule has 4 heteroatoms. The number of hydrogen-bond donors (Lipinski definition) is 1. The Hall–Kier alpha value is -2.23. The number of esters is 1. The van der Waals surface area contributed by atoms with Crippen LogP contribution >= 0.6 is 0 Å². The number of furan rings is 1. The van der Waals surface area contributed by atoms with Crippen LogP contribution in [0.25, 0.3) is 11.0 Å². The molecule has 0 aliphatic carbocycles. The van der Waals surface area contributed by atoms with Gasteiger partial charge in [0.1, 0.15) is 11.3 Å². The quantitative estimate of drug-likeness (QED) is 0.665. The van der Waals surface area contributed by atoms with Crippen molar-refractivity contribution in [3.63, 3.8) is 0 Å². The van der Waals surface area contributed by atoms with E-state index in [9.17, 15) is 9.90 Å². The van der Waals surface area contributed by atoms with Gasteiger partial charge in [-0.1, -0.05) is 6.08 Å². The molecule has 0 unspecified atom stereocenters. The number of carbonyl (C=O) groups is 1. The van der Waals surface area contributed by atoms with Gasteiger partial charge in [-0.3, -0.25) is 0 Å². The number of phenolic OH excluding ortho intramolecular Hbond substituents is 1. The van der Waals surface area contributed by atoms with Gasteiger partial charge in [0.05, 0.1) is 6.61 Å². The van der Waals surface area contributed by atoms with E-state index in [1.165, 1.54) is 0 Å². The number of allylic oxidation sites excluding steroid dienone is 1. The van der Waals surface area contributed by atoms with Gasteiger partial charge in [0.25, 0.3) is 0 Å². The lowest BCUT2D eigenvalue weighted by atomic mass is 10.1. The van der Waals surface area contributed by atoms with E-state index >= 15 is 0 Å². The van der Waals surface area contributed by atoms with Crippen LogP contribution in [-0.4, -0.2) is 17.7 Å². The van der Waals surface area contributed by atoms with Crippen molar-refractivity contribution in [2.75, 3.05) is 6.61 Å². The van der Waals surface area contributed by atoms with Gasteiger partial charge in [-0.2, -0.15) is 0 Å². The molecule has 1 heterocycles. The molecule has 1 N–H and O–H groups in total. The van der Waals surface area contributed by atoms with E-state index in [0.29, 0.717) is 29.6 Å². The Morgan fingerprint density at radius 1 is 1.56 bits per heavy atom. The highest BCUT2D eigenvalue weighted by molar-refractivity contribution is 5.94. The van der Waals surface area contributed by atoms with Crippen molar-refractivity contribution in [3.8, 4) is 5.75 Å². The highest BCUT2D eigenvalue weighted by Gasteiger charge is 2.16. The molecule has 1 aromatic carbocycles. The maximum absolute atomic E-state index is 11.6. The van der Waals surface area contributed by atoms with Gasteiger partial charge in [-0.05, 0) is 31.5 Å². The zero-order chi connectivity index (χ0) is 13.1. The molecule has 2 aromatic rings. The predicted molar refractivity (Wildman–Crippen MR) is 67.7 cm³/mol. The number of phenols is 1. The molecule has 0 saturated heterocycles. The summed E-state index contributed by atoms with van der Waals surface area (Å²) in [4.78, 5) is 11.6. The molecule has 0 aliphatic rings. The zero-order valence-electron chi connectivity index (χ0n) is 10.1. The van der Waals surface area contributed by atoms with Crippen LogP contribution in [0.15, 0.2) is 35.3 Å². The van der Waals surface area contributed by atoms with E-state index in [1.807, 2.05) is 0 Å². The van der Waals surface area contributed by atoms with Crippen molar-refractivity contribution in [2.24, 2.45) is 0 Å². The Kier molecular flexibility index (Phi) is 3.37. The molecule has 0 radical (unpaired) electrons. The van der Waals surface area contributed by atoms with E-state index in [4.69, 9.17) is 9.15 Å². The van der Waals surface area contributed by atoms with E-state index in [-0.39, 0.29) is 11.5 Å². The van der Waals surface area contributed by atoms with Crippen LogP contribution in [0.5, 0.6) is 5.75 Å². The SMILES string of the molecule is C=CCc1c(O)ccc2oc(C(=O)OCC)cc12. The second-order valence-corrected chi connectivity index (χ2v) is 3.80. The summed E-state index contributed by atoms with van der Waals surface area (Å²) in [6.45, 7) is 5.67. The Balaban J connectivity index is 2.53. The lowest BCUT2D eigenvalue weighted by Gasteiger charge is -2.01. The van der Waals surface area contributed by atoms with Crippen molar-refractivity contribution in [3.05, 3.63) is 42.2 Å². The summed E-state index contributed by atoms with van der Waals surface area (Å²) in [6.07, 6.45) is 2.19. The third kappa shape index (κ3) is 2.09. The third-order valence-corrected chi connectivity index (χ3v) is 2.61. The third-order valence-electron chi connectivity index (χ3n) is 2.61. The summed E-state index contributed by atoms with van der Waals surface area (Å²) in [5.74, 6) is -0.195. The highest BCUT2D eigenvalue weighted by Crippen LogP contribution is 2.30. The van der Waals surface area contributed by atoms with Crippen molar-refractivity contribution in [1.29, 1.82) is 0 Å². The molecule has 4 nitrogen and oxygen atoms in total. The Morgan fingerprint density at radius 3 is 3.00 bits per heavy atom. The van der Waals surface area contributed by atoms with Crippen LogP contribution in [-0.2, 0) is 11.2 Å². The number of benzene rings is 1. The smallest absolute Gasteiger partial charge is 0.374 e. The standard InChI is InChI=1S/C14H14O4/c1-3-5-9-10-8-13(14(16)17-4-2)18-12(10)7-6-11(9)15/h3,6-8,15H,1,4-5H2,2H3. The van der Waals surface area contributed by atoms with Crippen molar-refractivity contribution < 1.29 is 19.1 Å². The van der Waals surface area contributed by atoms with Gasteiger partial charge in [0.2, 0.25) is 5.76 Å². The molecular formula is C14H14O4. The minimum absolute atomic E-state index is 0.141. The average Bonchev–Trinajstić information content (AvgIpc) is 2.77. The minimum atomic E-state index is -0.502. The monoisotopic (exact) mass is 246 g/mol. The van der Waals surface area contributed by atoms with Gasteiger partial charge in [0, 0.05) is 10.9 Å². The Bertz CT molecular complexity index is 595. The summed E-state index contributed by atoms with van der Waals surface area (Å²) < 4.78 is 10.3. The van der Waals surface area contributed by atoms with Gasteiger partial charge in [0.15, 0.2) is 0 Å². The molecule has 94 valence electrons. The van der Waals surface area contributed by atoms with Crippen molar-refractivity contribution in [2.45, 2.75) is 13.3 Å². The summed E-state index contributed by atoms with van der Waals surface area (Å²) in [6, 6.07) is 4.76. The first-order valence-electron chi connectivity index (χ1n) is 5.69. The molecule has 0 aliphatic heterocycles. The van der Waals surface area contributed by atoms with Gasteiger partial charge < -0.3 is 14.3 Å². The topological polar surface area (TPSA) is 59.7 Å². The molecular weight excluding hydrogens is 232 g/mol. The van der Waals surface area contributed by atoms with Crippen LogP contribution in [0.1, 0.15) is 23.0 Å². The fourth-order valence-corrected chi connectivity index (χ4v) is 1.82. The lowest BCUT2D eigenvalue weighted by Crippen LogP contribution is -2.02. The van der Waals surface area contributed by atoms with E-state index < -0.39 is 5.97 Å². The van der Waals surface area contributed by atoms with Crippen LogP contribution in [0, 0.1) is 0 Å². The number of rotatable bonds is 4. The van der Waals surface area contributed by atoms with Gasteiger partial charge >= 0.3 is 5.97 Å². The van der Waals surface area contributed by atoms with Crippen molar-refractivity contribution in [1.82, 2.24) is 0 Å². The molecule has 0 saturated carbocycles. The summed E-state index contributed by atoms with van der Waals surface area (Å²) in [5, 5.41) is 10.5. The van der Waals surface area contributed by atoms with Crippen molar-refractivity contribution >= 4 is 16.9 Å². The zero-order valence-corrected chi connectivity index (χ0v) is 10.1. The van der Waals surface area contributed by atoms with Crippen LogP contribution in [0.4, 0.5) is 0 Å². The van der Waals surface area contributed by atoms with Gasteiger partial charge in [-0.15, -0.1) is 6.58 Å². The molecule has 0 bridgehead atoms. The summed E-state index contributed by atoms with van der Waals surface area (Å²) in [5.41, 5.74) is 1.24. The first kappa shape index (κ1) is 12.2. The molecule has 18 heavy (non-hydrogen) atoms. The largest absolute Gasteiger partial charge is 0.508 e. The first-order chi connectivity index (χ1) is 8.67. The van der Waals surface area contributed by atoms with Crippen LogP contribution in [0.2, 0.25) is 0 Å². The second-order valence-electron chi connectivity index (χ2n) is 3.80. The maximum atomic E-state index is 11.6. The molecule has 0 spiro atoms. The molecule has 0 amide bonds. The molecule has 0 atom stereocenters. The van der Waals surface area contributed by atoms with E-state index in [0.717, 1.165) is 0 Å². The Morgan fingerprint density at radius 2 is 2.33 bits per heavy atom. The highest BCUT2D eigenvalue weighted by atomic mass is 16.5.